The molecule has 0 bridgehead atoms. The molecule has 1 unspecified atom stereocenters. The first-order valence-corrected chi connectivity index (χ1v) is 7.73. The van der Waals surface area contributed by atoms with E-state index in [1.165, 1.54) is 0 Å². The third-order valence-electron chi connectivity index (χ3n) is 4.81. The van der Waals surface area contributed by atoms with Crippen LogP contribution in [0.2, 0.25) is 0 Å². The van der Waals surface area contributed by atoms with Gasteiger partial charge in [-0.3, -0.25) is 9.59 Å². The molecule has 3 aliphatic heterocycles. The van der Waals surface area contributed by atoms with Gasteiger partial charge in [-0.05, 0) is 32.1 Å². The monoisotopic (exact) mass is 280 g/mol. The van der Waals surface area contributed by atoms with Crippen molar-refractivity contribution in [2.24, 2.45) is 11.3 Å². The number of nitrogens with zero attached hydrogens (tertiary/aromatic N) is 2. The van der Waals surface area contributed by atoms with E-state index in [0.29, 0.717) is 25.6 Å². The Morgan fingerprint density at radius 1 is 1.35 bits per heavy atom. The minimum absolute atomic E-state index is 0.237. The van der Waals surface area contributed by atoms with E-state index in [9.17, 15) is 9.59 Å². The summed E-state index contributed by atoms with van der Waals surface area (Å²) < 4.78 is 5.20. The van der Waals surface area contributed by atoms with E-state index >= 15 is 0 Å². The number of hydrogen-bond acceptors (Lipinski definition) is 3. The van der Waals surface area contributed by atoms with Gasteiger partial charge in [0.2, 0.25) is 11.8 Å². The maximum atomic E-state index is 12.5. The van der Waals surface area contributed by atoms with E-state index in [2.05, 4.69) is 0 Å². The van der Waals surface area contributed by atoms with Crippen molar-refractivity contribution in [3.63, 3.8) is 0 Å². The van der Waals surface area contributed by atoms with Gasteiger partial charge in [0.05, 0.1) is 18.6 Å². The lowest BCUT2D eigenvalue weighted by Gasteiger charge is -2.43. The van der Waals surface area contributed by atoms with Gasteiger partial charge >= 0.3 is 0 Å². The lowest BCUT2D eigenvalue weighted by atomic mass is 9.85. The third kappa shape index (κ3) is 2.55. The van der Waals surface area contributed by atoms with Crippen LogP contribution in [0.4, 0.5) is 0 Å². The van der Waals surface area contributed by atoms with Crippen LogP contribution in [0.15, 0.2) is 0 Å². The molecule has 1 atom stereocenters. The first kappa shape index (κ1) is 13.9. The highest BCUT2D eigenvalue weighted by Gasteiger charge is 2.44. The van der Waals surface area contributed by atoms with Crippen molar-refractivity contribution in [1.29, 1.82) is 0 Å². The van der Waals surface area contributed by atoms with Crippen molar-refractivity contribution in [3.05, 3.63) is 0 Å². The van der Waals surface area contributed by atoms with E-state index in [4.69, 9.17) is 4.74 Å². The summed E-state index contributed by atoms with van der Waals surface area (Å²) in [5.41, 5.74) is -0.300. The van der Waals surface area contributed by atoms with Crippen molar-refractivity contribution in [1.82, 2.24) is 9.80 Å². The van der Waals surface area contributed by atoms with E-state index in [-0.39, 0.29) is 17.2 Å². The molecule has 3 heterocycles. The van der Waals surface area contributed by atoms with Crippen LogP contribution in [0.25, 0.3) is 0 Å². The van der Waals surface area contributed by atoms with Crippen molar-refractivity contribution in [3.8, 4) is 0 Å². The van der Waals surface area contributed by atoms with Crippen LogP contribution in [0.5, 0.6) is 0 Å². The third-order valence-corrected chi connectivity index (χ3v) is 4.81. The van der Waals surface area contributed by atoms with Gasteiger partial charge < -0.3 is 14.5 Å². The van der Waals surface area contributed by atoms with Gasteiger partial charge in [-0.2, -0.15) is 0 Å². The molecule has 0 aromatic heterocycles. The number of rotatable bonds is 3. The second-order valence-electron chi connectivity index (χ2n) is 6.76. The molecule has 3 saturated heterocycles. The minimum atomic E-state index is -0.300. The van der Waals surface area contributed by atoms with Gasteiger partial charge in [0.25, 0.3) is 0 Å². The van der Waals surface area contributed by atoms with Crippen LogP contribution >= 0.6 is 0 Å². The van der Waals surface area contributed by atoms with Gasteiger partial charge in [-0.25, -0.2) is 0 Å². The molecule has 3 fully saturated rings. The Balaban J connectivity index is 1.56. The van der Waals surface area contributed by atoms with Crippen molar-refractivity contribution < 1.29 is 14.3 Å². The molecule has 3 rings (SSSR count). The van der Waals surface area contributed by atoms with E-state index in [0.717, 1.165) is 45.4 Å². The van der Waals surface area contributed by atoms with Crippen molar-refractivity contribution in [2.45, 2.75) is 32.6 Å². The van der Waals surface area contributed by atoms with Crippen LogP contribution in [0.1, 0.15) is 32.6 Å². The second-order valence-corrected chi connectivity index (χ2v) is 6.76. The Labute approximate surface area is 120 Å². The lowest BCUT2D eigenvalue weighted by Crippen LogP contribution is -2.56. The molecule has 0 saturated carbocycles. The summed E-state index contributed by atoms with van der Waals surface area (Å²) in [5.74, 6) is 0.966. The fraction of sp³-hybridized carbons (Fsp3) is 0.867. The highest BCUT2D eigenvalue weighted by atomic mass is 16.5. The average Bonchev–Trinajstić information content (AvgIpc) is 2.81. The average molecular weight is 280 g/mol. The van der Waals surface area contributed by atoms with Crippen LogP contribution in [0.3, 0.4) is 0 Å². The number of ether oxygens (including phenoxy) is 1. The zero-order valence-electron chi connectivity index (χ0n) is 12.3. The summed E-state index contributed by atoms with van der Waals surface area (Å²) >= 11 is 0. The highest BCUT2D eigenvalue weighted by Crippen LogP contribution is 2.31. The quantitative estimate of drug-likeness (QED) is 0.771. The maximum Gasteiger partial charge on any atom is 0.233 e. The molecule has 0 N–H and O–H groups in total. The Kier molecular flexibility index (Phi) is 3.71. The molecular formula is C15H24N2O3. The van der Waals surface area contributed by atoms with Gasteiger partial charge in [-0.15, -0.1) is 0 Å². The maximum absolute atomic E-state index is 12.5. The summed E-state index contributed by atoms with van der Waals surface area (Å²) in [7, 11) is 0. The number of hydrogen-bond donors (Lipinski definition) is 0. The standard InChI is InChI=1S/C15H24N2O3/c1-15(10-20-11-15)14(19)17-7-2-4-12(9-17)8-16-6-3-5-13(16)18/h12H,2-11H2,1H3. The molecule has 2 amide bonds. The molecule has 0 aliphatic carbocycles. The summed E-state index contributed by atoms with van der Waals surface area (Å²) in [6.45, 7) is 6.49. The number of likely N-dealkylation sites (tertiary alicyclic amines) is 2. The largest absolute Gasteiger partial charge is 0.379 e. The fourth-order valence-corrected chi connectivity index (χ4v) is 3.52. The molecule has 0 spiro atoms. The summed E-state index contributed by atoms with van der Waals surface area (Å²) in [6.07, 6.45) is 3.87. The first-order valence-electron chi connectivity index (χ1n) is 7.73. The second kappa shape index (κ2) is 5.35. The van der Waals surface area contributed by atoms with Gasteiger partial charge in [0, 0.05) is 32.6 Å². The van der Waals surface area contributed by atoms with E-state index in [1.54, 1.807) is 0 Å². The normalized spacial score (nSPS) is 29.4. The van der Waals surface area contributed by atoms with Gasteiger partial charge in [0.1, 0.15) is 0 Å². The minimum Gasteiger partial charge on any atom is -0.379 e. The number of piperidine rings is 1. The van der Waals surface area contributed by atoms with E-state index < -0.39 is 0 Å². The molecule has 5 heteroatoms. The van der Waals surface area contributed by atoms with Crippen LogP contribution in [-0.2, 0) is 14.3 Å². The van der Waals surface area contributed by atoms with Gasteiger partial charge in [0.15, 0.2) is 0 Å². The Bertz CT molecular complexity index is 406. The summed E-state index contributed by atoms with van der Waals surface area (Å²) in [6, 6.07) is 0. The zero-order valence-corrected chi connectivity index (χ0v) is 12.3. The van der Waals surface area contributed by atoms with Crippen LogP contribution in [-0.4, -0.2) is 61.0 Å². The Hall–Kier alpha value is -1.10. The van der Waals surface area contributed by atoms with Crippen molar-refractivity contribution >= 4 is 11.8 Å². The molecule has 0 radical (unpaired) electrons. The fourth-order valence-electron chi connectivity index (χ4n) is 3.52. The predicted molar refractivity (Wildman–Crippen MR) is 74.0 cm³/mol. The molecule has 5 nitrogen and oxygen atoms in total. The number of amides is 2. The Morgan fingerprint density at radius 3 is 2.75 bits per heavy atom. The molecular weight excluding hydrogens is 256 g/mol. The molecule has 112 valence electrons. The molecule has 0 aromatic carbocycles. The lowest BCUT2D eigenvalue weighted by molar-refractivity contribution is -0.170. The number of carbonyl (C=O) groups excluding carboxylic acids is 2. The van der Waals surface area contributed by atoms with Crippen LogP contribution < -0.4 is 0 Å². The van der Waals surface area contributed by atoms with Crippen molar-refractivity contribution in [2.75, 3.05) is 39.4 Å². The SMILES string of the molecule is CC1(C(=O)N2CCCC(CN3CCCC3=O)C2)COC1. The van der Waals surface area contributed by atoms with Gasteiger partial charge in [-0.1, -0.05) is 0 Å². The van der Waals surface area contributed by atoms with E-state index in [1.807, 2.05) is 16.7 Å². The summed E-state index contributed by atoms with van der Waals surface area (Å²) in [5, 5.41) is 0. The first-order chi connectivity index (χ1) is 9.58. The van der Waals surface area contributed by atoms with Crippen LogP contribution in [0, 0.1) is 11.3 Å². The number of carbonyl (C=O) groups is 2. The summed E-state index contributed by atoms with van der Waals surface area (Å²) in [4.78, 5) is 28.2. The Morgan fingerprint density at radius 2 is 2.15 bits per heavy atom. The smallest absolute Gasteiger partial charge is 0.233 e. The highest BCUT2D eigenvalue weighted by molar-refractivity contribution is 5.83. The predicted octanol–water partition coefficient (Wildman–Crippen LogP) is 0.884. The zero-order chi connectivity index (χ0) is 14.2. The molecule has 20 heavy (non-hydrogen) atoms. The topological polar surface area (TPSA) is 49.9 Å². The molecule has 3 aliphatic rings. The molecule has 0 aromatic rings.